The smallest absolute Gasteiger partial charge is 0.261 e. The van der Waals surface area contributed by atoms with Crippen LogP contribution in [0.5, 0.6) is 0 Å². The number of amides is 2. The second-order valence-electron chi connectivity index (χ2n) is 15.0. The number of hydrogen-bond donors (Lipinski definition) is 6. The zero-order valence-electron chi connectivity index (χ0n) is 34.4. The van der Waals surface area contributed by atoms with Crippen molar-refractivity contribution in [2.24, 2.45) is 17.3 Å². The van der Waals surface area contributed by atoms with Gasteiger partial charge in [-0.2, -0.15) is 0 Å². The number of Topliss-reactive ketones (excluding diaryl/α,β-unsaturated/α-hetero) is 1. The minimum absolute atomic E-state index is 0.0999. The van der Waals surface area contributed by atoms with Crippen LogP contribution < -0.4 is 5.32 Å². The summed E-state index contributed by atoms with van der Waals surface area (Å²) in [6, 6.07) is 0. The van der Waals surface area contributed by atoms with Crippen molar-refractivity contribution < 1.29 is 49.4 Å². The Morgan fingerprint density at radius 1 is 1.05 bits per heavy atom. The first-order chi connectivity index (χ1) is 26.4. The average molecular weight is 781 g/mol. The summed E-state index contributed by atoms with van der Waals surface area (Å²) in [4.78, 5) is 39.1. The molecule has 0 aromatic rings. The molecule has 6 N–H and O–H groups in total. The Balaban J connectivity index is 1.96. The minimum Gasteiger partial charge on any atom is -0.507 e. The number of piperidine rings is 1. The number of ether oxygens (including phenoxy) is 2. The minimum atomic E-state index is -1.85. The molecule has 0 aromatic carbocycles. The maximum atomic E-state index is 13.2. The van der Waals surface area contributed by atoms with Gasteiger partial charge in [-0.3, -0.25) is 14.4 Å². The third-order valence-corrected chi connectivity index (χ3v) is 10.4. The fourth-order valence-electron chi connectivity index (χ4n) is 6.62. The van der Waals surface area contributed by atoms with Gasteiger partial charge in [0.15, 0.2) is 11.6 Å². The number of aliphatic hydroxyl groups excluding tert-OH is 4. The van der Waals surface area contributed by atoms with E-state index in [-0.39, 0.29) is 36.5 Å². The number of carbonyl (C=O) groups excluding carboxylic acids is 3. The molecule has 8 atom stereocenters. The van der Waals surface area contributed by atoms with E-state index in [0.29, 0.717) is 18.5 Å². The summed E-state index contributed by atoms with van der Waals surface area (Å²) < 4.78 is 11.8. The lowest BCUT2D eigenvalue weighted by atomic mass is 9.72. The molecule has 2 rings (SSSR count). The van der Waals surface area contributed by atoms with E-state index < -0.39 is 65.4 Å². The summed E-state index contributed by atoms with van der Waals surface area (Å²) in [6.07, 6.45) is 19.8. The molecule has 0 saturated carbocycles. The topological polar surface area (TPSA) is 186 Å². The number of methoxy groups -OCH3 is 1. The molecule has 0 aromatic heterocycles. The Hall–Kier alpha value is -4.17. The van der Waals surface area contributed by atoms with Crippen LogP contribution in [0.3, 0.4) is 0 Å². The summed E-state index contributed by atoms with van der Waals surface area (Å²) in [5.41, 5.74) is 0.270. The van der Waals surface area contributed by atoms with E-state index in [2.05, 4.69) is 5.32 Å². The molecule has 0 bridgehead atoms. The zero-order chi connectivity index (χ0) is 42.2. The van der Waals surface area contributed by atoms with Gasteiger partial charge in [-0.15, -0.1) is 0 Å². The lowest BCUT2D eigenvalue weighted by Crippen LogP contribution is -2.60. The molecule has 2 aliphatic heterocycles. The van der Waals surface area contributed by atoms with E-state index in [0.717, 1.165) is 5.57 Å². The molecule has 0 spiro atoms. The predicted molar refractivity (Wildman–Crippen MR) is 218 cm³/mol. The molecule has 0 aliphatic carbocycles. The molecule has 310 valence electrons. The van der Waals surface area contributed by atoms with Gasteiger partial charge in [0.25, 0.3) is 5.91 Å². The molecule has 2 aliphatic rings. The standard InChI is InChI=1S/C44H64N2O10/c1-10-12-16-24-36-43(6,7)35(49)28-44(54,56-36)32(11-2)41(52)45-26-20-19-22-30(4)40(55-9)31(5)39(51)34(48)23-18-15-13-14-17-21-29(3)38(50)37-33(47)25-27-46(8)42(37)53/h10,12-24,31-32,34-36,39-40,48-51,54H,11,25-28H2,1-9H3,(H,45,52)/b12-10-,15-13+,17-14+,20-19+,23-18+,24-16+,29-21+,30-22+,38-37+/t31-,32+,34-,35-,36-,39-,40+,44-/m0/s1. The first kappa shape index (κ1) is 48.0. The van der Waals surface area contributed by atoms with Crippen molar-refractivity contribution in [2.75, 3.05) is 27.2 Å². The van der Waals surface area contributed by atoms with Crippen molar-refractivity contribution in [2.45, 2.75) is 104 Å². The highest BCUT2D eigenvalue weighted by Crippen LogP contribution is 2.44. The van der Waals surface area contributed by atoms with Crippen molar-refractivity contribution in [3.8, 4) is 0 Å². The van der Waals surface area contributed by atoms with Gasteiger partial charge in [-0.1, -0.05) is 113 Å². The summed E-state index contributed by atoms with van der Waals surface area (Å²) in [6.45, 7) is 13.1. The number of likely N-dealkylation sites (N-methyl/N-ethyl adjacent to an activating group) is 1. The lowest BCUT2D eigenvalue weighted by molar-refractivity contribution is -0.314. The van der Waals surface area contributed by atoms with Gasteiger partial charge in [-0.05, 0) is 38.3 Å². The van der Waals surface area contributed by atoms with Crippen molar-refractivity contribution in [1.29, 1.82) is 0 Å². The molecule has 0 radical (unpaired) electrons. The molecule has 2 heterocycles. The molecule has 12 heteroatoms. The van der Waals surface area contributed by atoms with Crippen molar-refractivity contribution >= 4 is 17.6 Å². The first-order valence-electron chi connectivity index (χ1n) is 19.2. The Kier molecular flexibility index (Phi) is 19.3. The van der Waals surface area contributed by atoms with Gasteiger partial charge >= 0.3 is 0 Å². The number of hydrogen-bond acceptors (Lipinski definition) is 10. The lowest BCUT2D eigenvalue weighted by Gasteiger charge is -2.50. The number of aliphatic hydroxyl groups is 5. The Labute approximate surface area is 332 Å². The summed E-state index contributed by atoms with van der Waals surface area (Å²) in [5, 5.41) is 57.3. The van der Waals surface area contributed by atoms with Gasteiger partial charge in [0.05, 0.1) is 36.4 Å². The molecule has 2 amide bonds. The largest absolute Gasteiger partial charge is 0.507 e. The highest BCUT2D eigenvalue weighted by Gasteiger charge is 2.54. The van der Waals surface area contributed by atoms with Gasteiger partial charge in [0.1, 0.15) is 11.3 Å². The second-order valence-corrected chi connectivity index (χ2v) is 15.0. The maximum absolute atomic E-state index is 13.2. The van der Waals surface area contributed by atoms with Crippen molar-refractivity contribution in [3.63, 3.8) is 0 Å². The molecule has 0 unspecified atom stereocenters. The van der Waals surface area contributed by atoms with E-state index in [1.54, 1.807) is 94.7 Å². The zero-order valence-corrected chi connectivity index (χ0v) is 34.4. The van der Waals surface area contributed by atoms with Crippen LogP contribution in [0.15, 0.2) is 108 Å². The number of rotatable bonds is 18. The fraction of sp³-hybridized carbons (Fsp3) is 0.523. The highest BCUT2D eigenvalue weighted by atomic mass is 16.6. The van der Waals surface area contributed by atoms with Gasteiger partial charge in [0.2, 0.25) is 5.91 Å². The van der Waals surface area contributed by atoms with Crippen LogP contribution >= 0.6 is 0 Å². The van der Waals surface area contributed by atoms with Crippen LogP contribution in [0.25, 0.3) is 0 Å². The summed E-state index contributed by atoms with van der Waals surface area (Å²) >= 11 is 0. The summed E-state index contributed by atoms with van der Waals surface area (Å²) in [5.74, 6) is -4.89. The van der Waals surface area contributed by atoms with Gasteiger partial charge < -0.3 is 45.2 Å². The van der Waals surface area contributed by atoms with Gasteiger partial charge in [0, 0.05) is 51.4 Å². The quantitative estimate of drug-likeness (QED) is 0.0486. The van der Waals surface area contributed by atoms with Crippen LogP contribution in [-0.4, -0.2) is 112 Å². The van der Waals surface area contributed by atoms with E-state index in [9.17, 15) is 39.9 Å². The number of nitrogens with zero attached hydrogens (tertiary/aromatic N) is 1. The normalized spacial score (nSPS) is 26.6. The second kappa shape index (κ2) is 22.5. The first-order valence-corrected chi connectivity index (χ1v) is 19.2. The number of nitrogens with one attached hydrogen (secondary N) is 1. The predicted octanol–water partition coefficient (Wildman–Crippen LogP) is 4.86. The fourth-order valence-corrected chi connectivity index (χ4v) is 6.62. The Morgan fingerprint density at radius 3 is 2.36 bits per heavy atom. The number of carbonyl (C=O) groups is 3. The van der Waals surface area contributed by atoms with Gasteiger partial charge in [-0.25, -0.2) is 0 Å². The Morgan fingerprint density at radius 2 is 1.71 bits per heavy atom. The molecule has 2 fully saturated rings. The molecular formula is C44H64N2O10. The van der Waals surface area contributed by atoms with Crippen LogP contribution in [0, 0.1) is 17.3 Å². The highest BCUT2D eigenvalue weighted by molar-refractivity contribution is 6.21. The van der Waals surface area contributed by atoms with Crippen molar-refractivity contribution in [3.05, 3.63) is 108 Å². The van der Waals surface area contributed by atoms with Crippen molar-refractivity contribution in [1.82, 2.24) is 10.2 Å². The van der Waals surface area contributed by atoms with Crippen LogP contribution in [0.2, 0.25) is 0 Å². The van der Waals surface area contributed by atoms with Crippen LogP contribution in [-0.2, 0) is 23.9 Å². The molecule has 2 saturated heterocycles. The number of ketones is 1. The number of allylic oxidation sites excluding steroid dienone is 12. The third-order valence-electron chi connectivity index (χ3n) is 10.4. The average Bonchev–Trinajstić information content (AvgIpc) is 3.14. The maximum Gasteiger partial charge on any atom is 0.261 e. The van der Waals surface area contributed by atoms with E-state index in [1.165, 1.54) is 18.1 Å². The molecular weight excluding hydrogens is 716 g/mol. The molecule has 56 heavy (non-hydrogen) atoms. The number of likely N-dealkylation sites (tertiary alicyclic amines) is 1. The Bertz CT molecular complexity index is 1630. The van der Waals surface area contributed by atoms with E-state index >= 15 is 0 Å². The van der Waals surface area contributed by atoms with Crippen LogP contribution in [0.4, 0.5) is 0 Å². The summed E-state index contributed by atoms with van der Waals surface area (Å²) in [7, 11) is 3.10. The SMILES string of the molecule is C/C=C\C=C\[C@@H]1O[C@](O)([C@H](CC)C(=O)NC/C=C/C=C(\C)[C@@H](OC)[C@@H](C)[C@H](O)[C@@H](O)/C=C/C=C/C=C/C=C(C)/C(O)=C2/C(=O)CCN(C)C2=O)C[C@H](O)C1(C)C. The molecule has 12 nitrogen and oxygen atoms in total. The van der Waals surface area contributed by atoms with E-state index in [4.69, 9.17) is 9.47 Å². The van der Waals surface area contributed by atoms with Crippen LogP contribution in [0.1, 0.15) is 67.7 Å². The van der Waals surface area contributed by atoms with E-state index in [1.807, 2.05) is 39.8 Å². The monoisotopic (exact) mass is 780 g/mol. The third kappa shape index (κ3) is 12.9.